The first-order valence-corrected chi connectivity index (χ1v) is 8.20. The zero-order valence-electron chi connectivity index (χ0n) is 13.2. The Morgan fingerprint density at radius 1 is 1.14 bits per heavy atom. The zero-order chi connectivity index (χ0) is 14.7. The molecule has 0 aromatic carbocycles. The highest BCUT2D eigenvalue weighted by Gasteiger charge is 2.19. The van der Waals surface area contributed by atoms with Crippen LogP contribution < -0.4 is 10.2 Å². The van der Waals surface area contributed by atoms with Gasteiger partial charge in [0.1, 0.15) is 5.65 Å². The first kappa shape index (κ1) is 14.4. The smallest absolute Gasteiger partial charge is 0.152 e. The van der Waals surface area contributed by atoms with Gasteiger partial charge in [0, 0.05) is 31.9 Å². The van der Waals surface area contributed by atoms with Crippen molar-refractivity contribution in [2.45, 2.75) is 52.1 Å². The minimum Gasteiger partial charge on any atom is -0.355 e. The molecule has 114 valence electrons. The molecular weight excluding hydrogens is 260 g/mol. The third-order valence-electron chi connectivity index (χ3n) is 4.19. The number of hydrogen-bond donors (Lipinski definition) is 1. The average molecular weight is 286 g/mol. The summed E-state index contributed by atoms with van der Waals surface area (Å²) in [7, 11) is 0. The van der Waals surface area contributed by atoms with Crippen molar-refractivity contribution in [3.63, 3.8) is 0 Å². The van der Waals surface area contributed by atoms with E-state index in [1.54, 1.807) is 0 Å². The van der Waals surface area contributed by atoms with E-state index in [2.05, 4.69) is 52.9 Å². The molecule has 21 heavy (non-hydrogen) atoms. The van der Waals surface area contributed by atoms with Gasteiger partial charge in [-0.05, 0) is 25.0 Å². The normalized spacial score (nSPS) is 16.6. The highest BCUT2D eigenvalue weighted by Crippen LogP contribution is 2.24. The molecule has 1 N–H and O–H groups in total. The number of nitrogens with one attached hydrogen (secondary N) is 1. The van der Waals surface area contributed by atoms with Crippen LogP contribution in [0, 0.1) is 0 Å². The Balaban J connectivity index is 1.96. The molecule has 2 aromatic heterocycles. The Bertz CT molecular complexity index is 579. The number of anilines is 1. The monoisotopic (exact) mass is 286 g/mol. The van der Waals surface area contributed by atoms with Gasteiger partial charge in [0.25, 0.3) is 0 Å². The van der Waals surface area contributed by atoms with Gasteiger partial charge < -0.3 is 14.6 Å². The fraction of sp³-hybridized carbons (Fsp3) is 0.588. The average Bonchev–Trinajstić information content (AvgIpc) is 2.66. The minimum atomic E-state index is 0.483. The lowest BCUT2D eigenvalue weighted by molar-refractivity contribution is 0.578. The molecule has 0 saturated carbocycles. The van der Waals surface area contributed by atoms with Gasteiger partial charge >= 0.3 is 0 Å². The quantitative estimate of drug-likeness (QED) is 0.936. The van der Waals surface area contributed by atoms with Gasteiger partial charge in [-0.25, -0.2) is 4.98 Å². The predicted molar refractivity (Wildman–Crippen MR) is 87.8 cm³/mol. The third kappa shape index (κ3) is 3.21. The van der Waals surface area contributed by atoms with E-state index in [4.69, 9.17) is 4.98 Å². The maximum absolute atomic E-state index is 4.90. The van der Waals surface area contributed by atoms with Crippen LogP contribution in [-0.4, -0.2) is 28.5 Å². The molecule has 1 aliphatic heterocycles. The van der Waals surface area contributed by atoms with Gasteiger partial charge in [0.15, 0.2) is 5.82 Å². The fourth-order valence-corrected chi connectivity index (χ4v) is 3.03. The standard InChI is InChI=1S/C17H26N4/c1-14(2)18-13-15-17(20-10-6-3-4-7-11-20)19-16-9-5-8-12-21(15)16/h5,8-9,12,14,18H,3-4,6-7,10-11,13H2,1-2H3. The van der Waals surface area contributed by atoms with Gasteiger partial charge in [0.2, 0.25) is 0 Å². The van der Waals surface area contributed by atoms with Crippen molar-refractivity contribution in [3.8, 4) is 0 Å². The Morgan fingerprint density at radius 3 is 2.62 bits per heavy atom. The fourth-order valence-electron chi connectivity index (χ4n) is 3.03. The van der Waals surface area contributed by atoms with Crippen LogP contribution in [0.5, 0.6) is 0 Å². The first-order chi connectivity index (χ1) is 10.3. The molecule has 1 aliphatic rings. The van der Waals surface area contributed by atoms with E-state index < -0.39 is 0 Å². The number of aromatic nitrogens is 2. The molecule has 0 spiro atoms. The Hall–Kier alpha value is -1.55. The van der Waals surface area contributed by atoms with Crippen LogP contribution in [0.15, 0.2) is 24.4 Å². The third-order valence-corrected chi connectivity index (χ3v) is 4.19. The molecule has 0 aliphatic carbocycles. The van der Waals surface area contributed by atoms with Crippen LogP contribution >= 0.6 is 0 Å². The molecule has 3 rings (SSSR count). The topological polar surface area (TPSA) is 32.6 Å². The van der Waals surface area contributed by atoms with Gasteiger partial charge in [-0.2, -0.15) is 0 Å². The highest BCUT2D eigenvalue weighted by atomic mass is 15.2. The Labute approximate surface area is 127 Å². The second-order valence-corrected chi connectivity index (χ2v) is 6.25. The number of imidazole rings is 1. The Kier molecular flexibility index (Phi) is 4.44. The van der Waals surface area contributed by atoms with E-state index in [-0.39, 0.29) is 0 Å². The predicted octanol–water partition coefficient (Wildman–Crippen LogP) is 3.21. The van der Waals surface area contributed by atoms with E-state index in [9.17, 15) is 0 Å². The summed E-state index contributed by atoms with van der Waals surface area (Å²) in [5.41, 5.74) is 2.35. The summed E-state index contributed by atoms with van der Waals surface area (Å²) < 4.78 is 2.23. The molecule has 1 saturated heterocycles. The first-order valence-electron chi connectivity index (χ1n) is 8.20. The van der Waals surface area contributed by atoms with Crippen molar-refractivity contribution in [1.29, 1.82) is 0 Å². The number of rotatable bonds is 4. The van der Waals surface area contributed by atoms with Crippen LogP contribution in [0.4, 0.5) is 5.82 Å². The number of hydrogen-bond acceptors (Lipinski definition) is 3. The van der Waals surface area contributed by atoms with Gasteiger partial charge in [-0.1, -0.05) is 32.8 Å². The summed E-state index contributed by atoms with van der Waals surface area (Å²) in [5, 5.41) is 3.55. The maximum Gasteiger partial charge on any atom is 0.152 e. The van der Waals surface area contributed by atoms with Gasteiger partial charge in [-0.15, -0.1) is 0 Å². The van der Waals surface area contributed by atoms with Crippen LogP contribution in [0.2, 0.25) is 0 Å². The van der Waals surface area contributed by atoms with Crippen LogP contribution in [-0.2, 0) is 6.54 Å². The molecule has 4 nitrogen and oxygen atoms in total. The summed E-state index contributed by atoms with van der Waals surface area (Å²) in [5.74, 6) is 1.18. The van der Waals surface area contributed by atoms with Crippen molar-refractivity contribution in [3.05, 3.63) is 30.1 Å². The maximum atomic E-state index is 4.90. The molecule has 0 atom stereocenters. The van der Waals surface area contributed by atoms with E-state index >= 15 is 0 Å². The number of nitrogens with zero attached hydrogens (tertiary/aromatic N) is 3. The molecule has 0 unspecified atom stereocenters. The summed E-state index contributed by atoms with van der Waals surface area (Å²) in [4.78, 5) is 7.39. The molecule has 4 heteroatoms. The van der Waals surface area contributed by atoms with Crippen LogP contribution in [0.25, 0.3) is 5.65 Å². The largest absolute Gasteiger partial charge is 0.355 e. The molecule has 3 heterocycles. The SMILES string of the molecule is CC(C)NCc1c(N2CCCCCC2)nc2ccccn12. The minimum absolute atomic E-state index is 0.483. The Morgan fingerprint density at radius 2 is 1.90 bits per heavy atom. The van der Waals surface area contributed by atoms with E-state index in [0.29, 0.717) is 6.04 Å². The summed E-state index contributed by atoms with van der Waals surface area (Å²) in [6.45, 7) is 7.52. The van der Waals surface area contributed by atoms with Crippen molar-refractivity contribution in [1.82, 2.24) is 14.7 Å². The number of pyridine rings is 1. The molecule has 0 amide bonds. The summed E-state index contributed by atoms with van der Waals surface area (Å²) >= 11 is 0. The lowest BCUT2D eigenvalue weighted by atomic mass is 10.2. The molecule has 2 aromatic rings. The van der Waals surface area contributed by atoms with Crippen LogP contribution in [0.1, 0.15) is 45.2 Å². The molecule has 1 fully saturated rings. The van der Waals surface area contributed by atoms with Crippen LogP contribution in [0.3, 0.4) is 0 Å². The second-order valence-electron chi connectivity index (χ2n) is 6.25. The van der Waals surface area contributed by atoms with Crippen molar-refractivity contribution < 1.29 is 0 Å². The lowest BCUT2D eigenvalue weighted by Gasteiger charge is -2.22. The molecular formula is C17H26N4. The summed E-state index contributed by atoms with van der Waals surface area (Å²) in [6.07, 6.45) is 7.39. The van der Waals surface area contributed by atoms with Gasteiger partial charge in [-0.3, -0.25) is 0 Å². The zero-order valence-corrected chi connectivity index (χ0v) is 13.2. The van der Waals surface area contributed by atoms with Crippen molar-refractivity contribution in [2.75, 3.05) is 18.0 Å². The second kappa shape index (κ2) is 6.48. The number of fused-ring (bicyclic) bond motifs is 1. The lowest BCUT2D eigenvalue weighted by Crippen LogP contribution is -2.28. The highest BCUT2D eigenvalue weighted by molar-refractivity contribution is 5.56. The molecule has 0 bridgehead atoms. The van der Waals surface area contributed by atoms with Gasteiger partial charge in [0.05, 0.1) is 5.69 Å². The van der Waals surface area contributed by atoms with Crippen molar-refractivity contribution in [2.24, 2.45) is 0 Å². The molecule has 0 radical (unpaired) electrons. The van der Waals surface area contributed by atoms with E-state index in [0.717, 1.165) is 25.3 Å². The summed E-state index contributed by atoms with van der Waals surface area (Å²) in [6, 6.07) is 6.73. The van der Waals surface area contributed by atoms with Crippen molar-refractivity contribution >= 4 is 11.5 Å². The van der Waals surface area contributed by atoms with E-state index in [1.807, 2.05) is 0 Å². The van der Waals surface area contributed by atoms with E-state index in [1.165, 1.54) is 37.2 Å².